The number of amides is 2. The first kappa shape index (κ1) is 19.4. The molecule has 0 radical (unpaired) electrons. The molecule has 8 nitrogen and oxygen atoms in total. The standard InChI is InChI=1S/C21H27N5O3/c27-19-15-17(16-25(19)13-14-29-18-5-2-1-3-6-18)24-20(28)21(7-10-22-11-8-21)26-12-4-9-23-26/h1-6,9,12,17,22H,7-8,10-11,13-16H2,(H,24,28). The van der Waals surface area contributed by atoms with Crippen molar-refractivity contribution in [3.05, 3.63) is 48.8 Å². The lowest BCUT2D eigenvalue weighted by atomic mass is 9.87. The first-order valence-electron chi connectivity index (χ1n) is 10.1. The van der Waals surface area contributed by atoms with E-state index in [4.69, 9.17) is 4.74 Å². The molecule has 0 bridgehead atoms. The molecule has 1 aromatic heterocycles. The first-order chi connectivity index (χ1) is 14.2. The van der Waals surface area contributed by atoms with Crippen molar-refractivity contribution in [2.75, 3.05) is 32.8 Å². The summed E-state index contributed by atoms with van der Waals surface area (Å²) in [7, 11) is 0. The normalized spacial score (nSPS) is 21.2. The van der Waals surface area contributed by atoms with Crippen LogP contribution in [-0.2, 0) is 15.1 Å². The van der Waals surface area contributed by atoms with Gasteiger partial charge in [-0.3, -0.25) is 14.3 Å². The van der Waals surface area contributed by atoms with E-state index in [2.05, 4.69) is 15.7 Å². The molecule has 4 rings (SSSR count). The molecule has 1 atom stereocenters. The largest absolute Gasteiger partial charge is 0.492 e. The van der Waals surface area contributed by atoms with E-state index in [0.717, 1.165) is 18.8 Å². The molecule has 0 aliphatic carbocycles. The third-order valence-electron chi connectivity index (χ3n) is 5.72. The van der Waals surface area contributed by atoms with Crippen molar-refractivity contribution in [1.29, 1.82) is 0 Å². The van der Waals surface area contributed by atoms with E-state index in [9.17, 15) is 9.59 Å². The lowest BCUT2D eigenvalue weighted by Gasteiger charge is -2.37. The van der Waals surface area contributed by atoms with Crippen LogP contribution in [0, 0.1) is 0 Å². The lowest BCUT2D eigenvalue weighted by molar-refractivity contribution is -0.132. The van der Waals surface area contributed by atoms with Gasteiger partial charge in [0, 0.05) is 25.4 Å². The summed E-state index contributed by atoms with van der Waals surface area (Å²) in [5.41, 5.74) is -0.693. The molecular formula is C21H27N5O3. The number of piperidine rings is 1. The second-order valence-electron chi connectivity index (χ2n) is 7.61. The number of ether oxygens (including phenoxy) is 1. The Morgan fingerprint density at radius 3 is 2.76 bits per heavy atom. The zero-order chi connectivity index (χ0) is 20.1. The van der Waals surface area contributed by atoms with Gasteiger partial charge in [0.15, 0.2) is 0 Å². The maximum absolute atomic E-state index is 13.2. The lowest BCUT2D eigenvalue weighted by Crippen LogP contribution is -2.56. The van der Waals surface area contributed by atoms with Crippen molar-refractivity contribution in [3.8, 4) is 5.75 Å². The minimum Gasteiger partial charge on any atom is -0.492 e. The van der Waals surface area contributed by atoms with Gasteiger partial charge in [-0.15, -0.1) is 0 Å². The molecule has 2 aliphatic rings. The summed E-state index contributed by atoms with van der Waals surface area (Å²) < 4.78 is 7.46. The maximum Gasteiger partial charge on any atom is 0.248 e. The van der Waals surface area contributed by atoms with E-state index in [-0.39, 0.29) is 17.9 Å². The Hall–Kier alpha value is -2.87. The van der Waals surface area contributed by atoms with Gasteiger partial charge >= 0.3 is 0 Å². The molecule has 0 saturated carbocycles. The zero-order valence-corrected chi connectivity index (χ0v) is 16.4. The van der Waals surface area contributed by atoms with Crippen LogP contribution in [0.3, 0.4) is 0 Å². The summed E-state index contributed by atoms with van der Waals surface area (Å²) in [5, 5.41) is 10.8. The third kappa shape index (κ3) is 4.27. The molecule has 2 aliphatic heterocycles. The molecular weight excluding hydrogens is 370 g/mol. The van der Waals surface area contributed by atoms with Crippen molar-refractivity contribution in [1.82, 2.24) is 25.3 Å². The van der Waals surface area contributed by atoms with Crippen LogP contribution in [-0.4, -0.2) is 65.3 Å². The highest BCUT2D eigenvalue weighted by atomic mass is 16.5. The van der Waals surface area contributed by atoms with Crippen molar-refractivity contribution in [2.45, 2.75) is 30.8 Å². The molecule has 2 N–H and O–H groups in total. The molecule has 1 unspecified atom stereocenters. The Balaban J connectivity index is 1.33. The van der Waals surface area contributed by atoms with Crippen LogP contribution in [0.1, 0.15) is 19.3 Å². The van der Waals surface area contributed by atoms with Crippen LogP contribution in [0.5, 0.6) is 5.75 Å². The minimum atomic E-state index is -0.693. The predicted molar refractivity (Wildman–Crippen MR) is 107 cm³/mol. The van der Waals surface area contributed by atoms with Crippen LogP contribution in [0.2, 0.25) is 0 Å². The van der Waals surface area contributed by atoms with Gasteiger partial charge in [-0.05, 0) is 44.1 Å². The highest BCUT2D eigenvalue weighted by molar-refractivity contribution is 5.86. The van der Waals surface area contributed by atoms with Gasteiger partial charge in [0.25, 0.3) is 0 Å². The topological polar surface area (TPSA) is 88.5 Å². The van der Waals surface area contributed by atoms with Crippen molar-refractivity contribution >= 4 is 11.8 Å². The Morgan fingerprint density at radius 2 is 2.03 bits per heavy atom. The van der Waals surface area contributed by atoms with Gasteiger partial charge in [0.05, 0.1) is 12.6 Å². The van der Waals surface area contributed by atoms with Gasteiger partial charge in [-0.25, -0.2) is 0 Å². The van der Waals surface area contributed by atoms with E-state index in [1.165, 1.54) is 0 Å². The molecule has 3 heterocycles. The number of hydrogen-bond donors (Lipinski definition) is 2. The number of nitrogens with zero attached hydrogens (tertiary/aromatic N) is 3. The van der Waals surface area contributed by atoms with Gasteiger partial charge in [0.1, 0.15) is 17.9 Å². The van der Waals surface area contributed by atoms with E-state index in [0.29, 0.717) is 39.0 Å². The Bertz CT molecular complexity index is 818. The average Bonchev–Trinajstić information content (AvgIpc) is 3.40. The number of nitrogens with one attached hydrogen (secondary N) is 2. The maximum atomic E-state index is 13.2. The number of rotatable bonds is 7. The number of benzene rings is 1. The number of carbonyl (C=O) groups excluding carboxylic acids is 2. The first-order valence-corrected chi connectivity index (χ1v) is 10.1. The third-order valence-corrected chi connectivity index (χ3v) is 5.72. The SMILES string of the molecule is O=C1CC(NC(=O)C2(n3cccn3)CCNCC2)CN1CCOc1ccccc1. The van der Waals surface area contributed by atoms with E-state index >= 15 is 0 Å². The fourth-order valence-corrected chi connectivity index (χ4v) is 4.12. The van der Waals surface area contributed by atoms with Crippen molar-refractivity contribution in [3.63, 3.8) is 0 Å². The molecule has 29 heavy (non-hydrogen) atoms. The highest BCUT2D eigenvalue weighted by Crippen LogP contribution is 2.28. The Morgan fingerprint density at radius 1 is 1.24 bits per heavy atom. The number of hydrogen-bond acceptors (Lipinski definition) is 5. The molecule has 2 amide bonds. The Labute approximate surface area is 170 Å². The fraction of sp³-hybridized carbons (Fsp3) is 0.476. The summed E-state index contributed by atoms with van der Waals surface area (Å²) >= 11 is 0. The molecule has 1 aromatic carbocycles. The van der Waals surface area contributed by atoms with Crippen LogP contribution >= 0.6 is 0 Å². The number of carbonyl (C=O) groups is 2. The number of aromatic nitrogens is 2. The second-order valence-corrected chi connectivity index (χ2v) is 7.61. The summed E-state index contributed by atoms with van der Waals surface area (Å²) in [5.74, 6) is 0.782. The quantitative estimate of drug-likeness (QED) is 0.720. The second kappa shape index (κ2) is 8.65. The van der Waals surface area contributed by atoms with E-state index in [1.807, 2.05) is 42.6 Å². The van der Waals surface area contributed by atoms with Gasteiger partial charge in [-0.1, -0.05) is 18.2 Å². The molecule has 2 fully saturated rings. The summed E-state index contributed by atoms with van der Waals surface area (Å²) in [6, 6.07) is 11.2. The Kier molecular flexibility index (Phi) is 5.80. The van der Waals surface area contributed by atoms with Gasteiger partial charge < -0.3 is 20.3 Å². The van der Waals surface area contributed by atoms with E-state index < -0.39 is 5.54 Å². The molecule has 8 heteroatoms. The van der Waals surface area contributed by atoms with Crippen LogP contribution in [0.25, 0.3) is 0 Å². The van der Waals surface area contributed by atoms with E-state index in [1.54, 1.807) is 15.8 Å². The number of likely N-dealkylation sites (tertiary alicyclic amines) is 1. The van der Waals surface area contributed by atoms with Crippen LogP contribution in [0.4, 0.5) is 0 Å². The van der Waals surface area contributed by atoms with Gasteiger partial charge in [0.2, 0.25) is 11.8 Å². The summed E-state index contributed by atoms with van der Waals surface area (Å²) in [4.78, 5) is 27.4. The van der Waals surface area contributed by atoms with Crippen molar-refractivity contribution < 1.29 is 14.3 Å². The molecule has 2 aromatic rings. The monoisotopic (exact) mass is 397 g/mol. The molecule has 154 valence electrons. The van der Waals surface area contributed by atoms with Crippen LogP contribution < -0.4 is 15.4 Å². The minimum absolute atomic E-state index is 0.0467. The molecule has 0 spiro atoms. The van der Waals surface area contributed by atoms with Crippen molar-refractivity contribution in [2.24, 2.45) is 0 Å². The van der Waals surface area contributed by atoms with Crippen LogP contribution in [0.15, 0.2) is 48.8 Å². The summed E-state index contributed by atoms with van der Waals surface area (Å²) in [6.45, 7) is 2.98. The summed E-state index contributed by atoms with van der Waals surface area (Å²) in [6.07, 6.45) is 5.22. The highest BCUT2D eigenvalue weighted by Gasteiger charge is 2.43. The smallest absolute Gasteiger partial charge is 0.248 e. The predicted octanol–water partition coefficient (Wildman–Crippen LogP) is 0.758. The zero-order valence-electron chi connectivity index (χ0n) is 16.4. The molecule has 2 saturated heterocycles. The number of para-hydroxylation sites is 1. The van der Waals surface area contributed by atoms with Gasteiger partial charge in [-0.2, -0.15) is 5.10 Å². The fourth-order valence-electron chi connectivity index (χ4n) is 4.12. The average molecular weight is 397 g/mol.